The molecule has 0 atom stereocenters. The first kappa shape index (κ1) is 17.9. The molecule has 0 aromatic carbocycles. The number of pyridine rings is 2. The van der Waals surface area contributed by atoms with Gasteiger partial charge in [-0.3, -0.25) is 4.98 Å². The van der Waals surface area contributed by atoms with Crippen molar-refractivity contribution in [3.8, 4) is 27.4 Å². The number of thiophene rings is 1. The number of ether oxygens (including phenoxy) is 2. The van der Waals surface area contributed by atoms with Gasteiger partial charge < -0.3 is 14.4 Å². The molecule has 3 aromatic heterocycles. The molecule has 5 nitrogen and oxygen atoms in total. The van der Waals surface area contributed by atoms with Crippen LogP contribution in [-0.4, -0.2) is 43.4 Å². The number of aryl methyl sites for hydroxylation is 2. The third kappa shape index (κ3) is 3.55. The lowest BCUT2D eigenvalue weighted by Crippen LogP contribution is -2.35. The van der Waals surface area contributed by atoms with Gasteiger partial charge in [-0.25, -0.2) is 4.98 Å². The van der Waals surface area contributed by atoms with Crippen molar-refractivity contribution < 1.29 is 9.47 Å². The molecule has 0 unspecified atom stereocenters. The van der Waals surface area contributed by atoms with Crippen LogP contribution in [0.3, 0.4) is 0 Å². The number of morpholine rings is 1. The highest BCUT2D eigenvalue weighted by molar-refractivity contribution is 7.20. The van der Waals surface area contributed by atoms with Gasteiger partial charge in [0.25, 0.3) is 0 Å². The van der Waals surface area contributed by atoms with Gasteiger partial charge in [-0.05, 0) is 37.6 Å². The molecule has 4 rings (SSSR count). The van der Waals surface area contributed by atoms with Crippen molar-refractivity contribution in [3.05, 3.63) is 47.9 Å². The number of aromatic nitrogens is 2. The van der Waals surface area contributed by atoms with E-state index in [1.807, 2.05) is 25.4 Å². The average Bonchev–Trinajstić information content (AvgIpc) is 3.15. The van der Waals surface area contributed by atoms with E-state index in [-0.39, 0.29) is 0 Å². The highest BCUT2D eigenvalue weighted by Crippen LogP contribution is 2.43. The number of hydrogen-bond donors (Lipinski definition) is 0. The van der Waals surface area contributed by atoms with Gasteiger partial charge in [-0.2, -0.15) is 0 Å². The summed E-state index contributed by atoms with van der Waals surface area (Å²) in [5.74, 6) is 0.858. The third-order valence-electron chi connectivity index (χ3n) is 4.77. The largest absolute Gasteiger partial charge is 0.495 e. The molecular weight excluding hydrogens is 358 g/mol. The minimum absolute atomic E-state index is 0.763. The van der Waals surface area contributed by atoms with Gasteiger partial charge in [0.05, 0.1) is 41.6 Å². The summed E-state index contributed by atoms with van der Waals surface area (Å²) >= 11 is 1.78. The van der Waals surface area contributed by atoms with Crippen LogP contribution in [0.2, 0.25) is 0 Å². The molecule has 3 aromatic rings. The molecule has 27 heavy (non-hydrogen) atoms. The second kappa shape index (κ2) is 7.66. The fraction of sp³-hybridized carbons (Fsp3) is 0.333. The second-order valence-electron chi connectivity index (χ2n) is 6.61. The highest BCUT2D eigenvalue weighted by Gasteiger charge is 2.21. The van der Waals surface area contributed by atoms with Crippen molar-refractivity contribution in [3.63, 3.8) is 0 Å². The van der Waals surface area contributed by atoms with E-state index in [0.29, 0.717) is 0 Å². The van der Waals surface area contributed by atoms with Crippen molar-refractivity contribution in [1.29, 1.82) is 0 Å². The van der Waals surface area contributed by atoms with Gasteiger partial charge in [0.1, 0.15) is 5.75 Å². The van der Waals surface area contributed by atoms with Crippen molar-refractivity contribution in [1.82, 2.24) is 9.97 Å². The lowest BCUT2D eigenvalue weighted by molar-refractivity contribution is 0.123. The van der Waals surface area contributed by atoms with E-state index in [2.05, 4.69) is 35.0 Å². The molecule has 0 amide bonds. The molecule has 0 saturated carbocycles. The van der Waals surface area contributed by atoms with Crippen LogP contribution in [0, 0.1) is 13.8 Å². The van der Waals surface area contributed by atoms with Gasteiger partial charge in [0, 0.05) is 36.6 Å². The van der Waals surface area contributed by atoms with Crippen LogP contribution in [0.1, 0.15) is 11.3 Å². The Kier molecular flexibility index (Phi) is 5.09. The quantitative estimate of drug-likeness (QED) is 0.673. The Morgan fingerprint density at radius 2 is 2.00 bits per heavy atom. The summed E-state index contributed by atoms with van der Waals surface area (Å²) < 4.78 is 11.0. The predicted molar refractivity (Wildman–Crippen MR) is 110 cm³/mol. The van der Waals surface area contributed by atoms with E-state index in [4.69, 9.17) is 14.5 Å². The van der Waals surface area contributed by atoms with E-state index < -0.39 is 0 Å². The first-order chi connectivity index (χ1) is 13.2. The van der Waals surface area contributed by atoms with Crippen LogP contribution in [0.4, 0.5) is 5.00 Å². The maximum atomic E-state index is 5.54. The number of methoxy groups -OCH3 is 1. The Labute approximate surface area is 163 Å². The number of anilines is 1. The zero-order chi connectivity index (χ0) is 18.8. The molecular formula is C21H23N3O2S. The van der Waals surface area contributed by atoms with Gasteiger partial charge in [-0.1, -0.05) is 6.07 Å². The summed E-state index contributed by atoms with van der Waals surface area (Å²) in [5.41, 5.74) is 5.34. The van der Waals surface area contributed by atoms with Crippen molar-refractivity contribution in [2.24, 2.45) is 0 Å². The molecule has 4 heterocycles. The molecule has 1 saturated heterocycles. The zero-order valence-corrected chi connectivity index (χ0v) is 16.7. The standard InChI is InChI=1S/C21H23N3O2S/c1-14-11-18(23-15(2)20(14)25-3)19-12-17(16-5-4-6-22-13-16)21(27-19)24-7-9-26-10-8-24/h4-6,11-13H,7-10H2,1-3H3. The lowest BCUT2D eigenvalue weighted by atomic mass is 10.1. The molecule has 0 bridgehead atoms. The third-order valence-corrected chi connectivity index (χ3v) is 5.99. The first-order valence-corrected chi connectivity index (χ1v) is 9.88. The predicted octanol–water partition coefficient (Wildman–Crippen LogP) is 4.33. The van der Waals surface area contributed by atoms with Gasteiger partial charge in [0.2, 0.25) is 0 Å². The molecule has 1 fully saturated rings. The van der Waals surface area contributed by atoms with Gasteiger partial charge >= 0.3 is 0 Å². The molecule has 6 heteroatoms. The van der Waals surface area contributed by atoms with Crippen molar-refractivity contribution >= 4 is 16.3 Å². The summed E-state index contributed by atoms with van der Waals surface area (Å²) in [7, 11) is 1.69. The van der Waals surface area contributed by atoms with Crippen molar-refractivity contribution in [2.75, 3.05) is 38.3 Å². The molecule has 0 N–H and O–H groups in total. The van der Waals surface area contributed by atoms with Gasteiger partial charge in [0.15, 0.2) is 0 Å². The summed E-state index contributed by atoms with van der Waals surface area (Å²) in [6.07, 6.45) is 3.73. The highest BCUT2D eigenvalue weighted by atomic mass is 32.1. The first-order valence-electron chi connectivity index (χ1n) is 9.07. The number of nitrogens with zero attached hydrogens (tertiary/aromatic N) is 3. The van der Waals surface area contributed by atoms with Crippen LogP contribution >= 0.6 is 11.3 Å². The Bertz CT molecular complexity index is 911. The van der Waals surface area contributed by atoms with Crippen LogP contribution in [0.5, 0.6) is 5.75 Å². The topological polar surface area (TPSA) is 47.5 Å². The smallest absolute Gasteiger partial charge is 0.143 e. The van der Waals surface area contributed by atoms with Gasteiger partial charge in [-0.15, -0.1) is 11.3 Å². The SMILES string of the molecule is COc1c(C)cc(-c2cc(-c3cccnc3)c(N3CCOCC3)s2)nc1C. The fourth-order valence-electron chi connectivity index (χ4n) is 3.49. The molecule has 1 aliphatic heterocycles. The van der Waals surface area contributed by atoms with Crippen LogP contribution < -0.4 is 9.64 Å². The maximum Gasteiger partial charge on any atom is 0.143 e. The van der Waals surface area contributed by atoms with Crippen LogP contribution in [0.25, 0.3) is 21.7 Å². The average molecular weight is 382 g/mol. The zero-order valence-electron chi connectivity index (χ0n) is 15.9. The second-order valence-corrected chi connectivity index (χ2v) is 7.64. The molecule has 140 valence electrons. The monoisotopic (exact) mass is 381 g/mol. The summed E-state index contributed by atoms with van der Waals surface area (Å²) in [6.45, 7) is 7.39. The van der Waals surface area contributed by atoms with E-state index in [1.165, 1.54) is 10.6 Å². The minimum Gasteiger partial charge on any atom is -0.495 e. The molecule has 0 aliphatic carbocycles. The maximum absolute atomic E-state index is 5.54. The van der Waals surface area contributed by atoms with Crippen LogP contribution in [-0.2, 0) is 4.74 Å². The minimum atomic E-state index is 0.763. The number of rotatable bonds is 4. The Morgan fingerprint density at radius 1 is 1.19 bits per heavy atom. The fourth-order valence-corrected chi connectivity index (χ4v) is 4.69. The van der Waals surface area contributed by atoms with Crippen LogP contribution in [0.15, 0.2) is 36.7 Å². The van der Waals surface area contributed by atoms with Crippen molar-refractivity contribution in [2.45, 2.75) is 13.8 Å². The lowest BCUT2D eigenvalue weighted by Gasteiger charge is -2.28. The molecule has 0 radical (unpaired) electrons. The summed E-state index contributed by atoms with van der Waals surface area (Å²) in [5, 5.41) is 1.26. The summed E-state index contributed by atoms with van der Waals surface area (Å²) in [4.78, 5) is 12.7. The molecule has 1 aliphatic rings. The van der Waals surface area contributed by atoms with E-state index in [9.17, 15) is 0 Å². The molecule has 0 spiro atoms. The summed E-state index contributed by atoms with van der Waals surface area (Å²) in [6, 6.07) is 8.43. The van der Waals surface area contributed by atoms with E-state index in [0.717, 1.165) is 59.4 Å². The van der Waals surface area contributed by atoms with E-state index >= 15 is 0 Å². The Morgan fingerprint density at radius 3 is 2.67 bits per heavy atom. The van der Waals surface area contributed by atoms with E-state index in [1.54, 1.807) is 18.4 Å². The number of hydrogen-bond acceptors (Lipinski definition) is 6. The normalized spacial score (nSPS) is 14.4. The Balaban J connectivity index is 1.82. The Hall–Kier alpha value is -2.44.